The van der Waals surface area contributed by atoms with E-state index >= 15 is 0 Å². The molecule has 7 nitrogen and oxygen atoms in total. The first kappa shape index (κ1) is 13.9. The van der Waals surface area contributed by atoms with Crippen molar-refractivity contribution < 1.29 is 19.6 Å². The van der Waals surface area contributed by atoms with Crippen LogP contribution in [-0.4, -0.2) is 21.9 Å². The number of anilines is 1. The molecule has 1 unspecified atom stereocenters. The summed E-state index contributed by atoms with van der Waals surface area (Å²) in [5.41, 5.74) is -0.0929. The fourth-order valence-electron chi connectivity index (χ4n) is 1.10. The minimum Gasteiger partial charge on any atom is -0.481 e. The molecule has 1 aromatic carbocycles. The molecule has 0 bridgehead atoms. The zero-order chi connectivity index (χ0) is 13.9. The van der Waals surface area contributed by atoms with E-state index in [1.54, 1.807) is 0 Å². The second kappa shape index (κ2) is 5.46. The summed E-state index contributed by atoms with van der Waals surface area (Å²) in [5, 5.41) is 21.3. The maximum atomic E-state index is 11.4. The van der Waals surface area contributed by atoms with Gasteiger partial charge in [0.15, 0.2) is 0 Å². The molecule has 96 valence electrons. The van der Waals surface area contributed by atoms with Crippen LogP contribution in [0.15, 0.2) is 18.2 Å². The third-order valence-electron chi connectivity index (χ3n) is 2.18. The Morgan fingerprint density at radius 3 is 2.56 bits per heavy atom. The van der Waals surface area contributed by atoms with Gasteiger partial charge in [0, 0.05) is 11.8 Å². The van der Waals surface area contributed by atoms with E-state index in [0.717, 1.165) is 6.07 Å². The Bertz CT molecular complexity index is 517. The number of nitro groups is 1. The summed E-state index contributed by atoms with van der Waals surface area (Å²) >= 11 is 5.64. The third-order valence-corrected chi connectivity index (χ3v) is 2.48. The molecular weight excluding hydrogens is 264 g/mol. The number of hydrogen-bond donors (Lipinski definition) is 2. The fraction of sp³-hybridized carbons (Fsp3) is 0.200. The van der Waals surface area contributed by atoms with Crippen LogP contribution in [0.5, 0.6) is 0 Å². The highest BCUT2D eigenvalue weighted by Gasteiger charge is 2.21. The summed E-state index contributed by atoms with van der Waals surface area (Å²) in [5.74, 6) is -3.22. The lowest BCUT2D eigenvalue weighted by Crippen LogP contribution is -2.26. The number of aliphatic carboxylic acids is 1. The van der Waals surface area contributed by atoms with Crippen molar-refractivity contribution in [2.45, 2.75) is 6.92 Å². The molecule has 18 heavy (non-hydrogen) atoms. The molecule has 0 saturated carbocycles. The minimum absolute atomic E-state index is 0.138. The first-order valence-electron chi connectivity index (χ1n) is 4.80. The standard InChI is InChI=1S/C10H9ClN2O5/c1-5(10(15)16)9(14)12-6-2-3-8(13(17)18)7(11)4-6/h2-5H,1H3,(H,12,14)(H,15,16). The summed E-state index contributed by atoms with van der Waals surface area (Å²) in [6, 6.07) is 3.59. The highest BCUT2D eigenvalue weighted by Crippen LogP contribution is 2.27. The Morgan fingerprint density at radius 1 is 1.50 bits per heavy atom. The topological polar surface area (TPSA) is 110 Å². The van der Waals surface area contributed by atoms with Gasteiger partial charge in [-0.1, -0.05) is 11.6 Å². The summed E-state index contributed by atoms with van der Waals surface area (Å²) in [4.78, 5) is 31.8. The highest BCUT2D eigenvalue weighted by molar-refractivity contribution is 6.33. The fourth-order valence-corrected chi connectivity index (χ4v) is 1.34. The van der Waals surface area contributed by atoms with Crippen LogP contribution >= 0.6 is 11.6 Å². The predicted molar refractivity (Wildman–Crippen MR) is 63.5 cm³/mol. The van der Waals surface area contributed by atoms with E-state index in [9.17, 15) is 19.7 Å². The number of carboxylic acids is 1. The van der Waals surface area contributed by atoms with Crippen molar-refractivity contribution in [2.75, 3.05) is 5.32 Å². The molecule has 1 atom stereocenters. The molecule has 0 aromatic heterocycles. The van der Waals surface area contributed by atoms with Gasteiger partial charge >= 0.3 is 5.97 Å². The van der Waals surface area contributed by atoms with Crippen LogP contribution in [0.2, 0.25) is 5.02 Å². The van der Waals surface area contributed by atoms with Crippen LogP contribution in [0, 0.1) is 16.0 Å². The Morgan fingerprint density at radius 2 is 2.11 bits per heavy atom. The van der Waals surface area contributed by atoms with Crippen molar-refractivity contribution in [1.82, 2.24) is 0 Å². The molecule has 1 aromatic rings. The van der Waals surface area contributed by atoms with E-state index in [1.807, 2.05) is 0 Å². The smallest absolute Gasteiger partial charge is 0.315 e. The van der Waals surface area contributed by atoms with Gasteiger partial charge in [0.25, 0.3) is 5.69 Å². The van der Waals surface area contributed by atoms with Crippen molar-refractivity contribution in [3.63, 3.8) is 0 Å². The summed E-state index contributed by atoms with van der Waals surface area (Å²) in [7, 11) is 0. The van der Waals surface area contributed by atoms with E-state index in [0.29, 0.717) is 0 Å². The average Bonchev–Trinajstić information content (AvgIpc) is 2.27. The molecular formula is C10H9ClN2O5. The van der Waals surface area contributed by atoms with Crippen molar-refractivity contribution in [3.05, 3.63) is 33.3 Å². The van der Waals surface area contributed by atoms with Crippen LogP contribution in [0.4, 0.5) is 11.4 Å². The second-order valence-electron chi connectivity index (χ2n) is 3.47. The van der Waals surface area contributed by atoms with E-state index in [4.69, 9.17) is 16.7 Å². The van der Waals surface area contributed by atoms with Gasteiger partial charge in [-0.05, 0) is 19.1 Å². The molecule has 0 aliphatic heterocycles. The lowest BCUT2D eigenvalue weighted by atomic mass is 10.1. The zero-order valence-corrected chi connectivity index (χ0v) is 9.97. The first-order chi connectivity index (χ1) is 8.32. The van der Waals surface area contributed by atoms with Crippen LogP contribution in [0.25, 0.3) is 0 Å². The number of rotatable bonds is 4. The largest absolute Gasteiger partial charge is 0.481 e. The van der Waals surface area contributed by atoms with Crippen LogP contribution in [0.3, 0.4) is 0 Å². The summed E-state index contributed by atoms with van der Waals surface area (Å²) in [6.45, 7) is 1.23. The number of carbonyl (C=O) groups is 2. The van der Waals surface area contributed by atoms with E-state index < -0.39 is 22.7 Å². The molecule has 0 spiro atoms. The highest BCUT2D eigenvalue weighted by atomic mass is 35.5. The monoisotopic (exact) mass is 272 g/mol. The summed E-state index contributed by atoms with van der Waals surface area (Å²) in [6.07, 6.45) is 0. The Kier molecular flexibility index (Phi) is 4.22. The van der Waals surface area contributed by atoms with Crippen molar-refractivity contribution in [3.8, 4) is 0 Å². The van der Waals surface area contributed by atoms with E-state index in [-0.39, 0.29) is 16.4 Å². The zero-order valence-electron chi connectivity index (χ0n) is 9.21. The van der Waals surface area contributed by atoms with Gasteiger partial charge in [-0.15, -0.1) is 0 Å². The molecule has 1 amide bonds. The SMILES string of the molecule is CC(C(=O)O)C(=O)Nc1ccc([N+](=O)[O-])c(Cl)c1. The van der Waals surface area contributed by atoms with E-state index in [1.165, 1.54) is 19.1 Å². The molecule has 0 fully saturated rings. The molecule has 2 N–H and O–H groups in total. The van der Waals surface area contributed by atoms with Crippen molar-refractivity contribution in [1.29, 1.82) is 0 Å². The Labute approximate surface area is 107 Å². The van der Waals surface area contributed by atoms with E-state index in [2.05, 4.69) is 5.32 Å². The number of nitrogens with one attached hydrogen (secondary N) is 1. The van der Waals surface area contributed by atoms with Crippen molar-refractivity contribution >= 4 is 34.9 Å². The number of carbonyl (C=O) groups excluding carboxylic acids is 1. The number of amides is 1. The van der Waals surface area contributed by atoms with Crippen LogP contribution in [-0.2, 0) is 9.59 Å². The first-order valence-corrected chi connectivity index (χ1v) is 5.18. The molecule has 8 heteroatoms. The number of carboxylic acid groups (broad SMARTS) is 1. The third kappa shape index (κ3) is 3.17. The maximum Gasteiger partial charge on any atom is 0.315 e. The van der Waals surface area contributed by atoms with Gasteiger partial charge in [0.05, 0.1) is 4.92 Å². The molecule has 0 aliphatic carbocycles. The van der Waals surface area contributed by atoms with Gasteiger partial charge in [-0.3, -0.25) is 19.7 Å². The van der Waals surface area contributed by atoms with Crippen LogP contribution in [0.1, 0.15) is 6.92 Å². The number of halogens is 1. The Balaban J connectivity index is 2.87. The average molecular weight is 273 g/mol. The molecule has 1 rings (SSSR count). The van der Waals surface area contributed by atoms with Gasteiger partial charge in [-0.2, -0.15) is 0 Å². The number of nitro benzene ring substituents is 1. The number of nitrogens with zero attached hydrogens (tertiary/aromatic N) is 1. The minimum atomic E-state index is -1.26. The molecule has 0 heterocycles. The normalized spacial score (nSPS) is 11.7. The maximum absolute atomic E-state index is 11.4. The quantitative estimate of drug-likeness (QED) is 0.494. The Hall–Kier alpha value is -2.15. The number of benzene rings is 1. The van der Waals surface area contributed by atoms with Crippen LogP contribution < -0.4 is 5.32 Å². The van der Waals surface area contributed by atoms with Gasteiger partial charge < -0.3 is 10.4 Å². The van der Waals surface area contributed by atoms with Gasteiger partial charge in [-0.25, -0.2) is 0 Å². The molecule has 0 radical (unpaired) electrons. The van der Waals surface area contributed by atoms with Crippen molar-refractivity contribution in [2.24, 2.45) is 5.92 Å². The predicted octanol–water partition coefficient (Wildman–Crippen LogP) is 1.91. The van der Waals surface area contributed by atoms with Gasteiger partial charge in [0.2, 0.25) is 5.91 Å². The second-order valence-corrected chi connectivity index (χ2v) is 3.88. The lowest BCUT2D eigenvalue weighted by Gasteiger charge is -2.08. The molecule has 0 aliphatic rings. The number of hydrogen-bond acceptors (Lipinski definition) is 4. The summed E-state index contributed by atoms with van der Waals surface area (Å²) < 4.78 is 0. The lowest BCUT2D eigenvalue weighted by molar-refractivity contribution is -0.384. The molecule has 0 saturated heterocycles. The van der Waals surface area contributed by atoms with Gasteiger partial charge in [0.1, 0.15) is 10.9 Å².